The Bertz CT molecular complexity index is 644. The van der Waals surface area contributed by atoms with Crippen molar-refractivity contribution in [3.63, 3.8) is 0 Å². The second kappa shape index (κ2) is 3.44. The van der Waals surface area contributed by atoms with Crippen molar-refractivity contribution < 1.29 is 9.22 Å². The summed E-state index contributed by atoms with van der Waals surface area (Å²) in [4.78, 5) is 22.6. The Labute approximate surface area is 91.1 Å². The summed E-state index contributed by atoms with van der Waals surface area (Å²) in [5.41, 5.74) is 1.30. The van der Waals surface area contributed by atoms with Crippen LogP contribution in [0.5, 0.6) is 0 Å². The lowest BCUT2D eigenvalue weighted by atomic mass is 10.2. The van der Waals surface area contributed by atoms with Crippen molar-refractivity contribution in [2.45, 2.75) is 13.8 Å². The fraction of sp³-hybridized carbons (Fsp3) is 0.182. The molecule has 0 saturated carbocycles. The molecule has 0 radical (unpaired) electrons. The average molecular weight is 218 g/mol. The van der Waals surface area contributed by atoms with Crippen LogP contribution >= 0.6 is 0 Å². The lowest BCUT2D eigenvalue weighted by Crippen LogP contribution is -2.26. The van der Waals surface area contributed by atoms with Crippen LogP contribution in [-0.4, -0.2) is 11.0 Å². The molecule has 0 unspecified atom stereocenters. The molecule has 0 amide bonds. The molecular weight excluding hydrogens is 208 g/mol. The van der Waals surface area contributed by atoms with Crippen LogP contribution < -0.4 is 4.43 Å². The van der Waals surface area contributed by atoms with Crippen LogP contribution in [0.2, 0.25) is 0 Å². The van der Waals surface area contributed by atoms with Gasteiger partial charge in [0.15, 0.2) is 0 Å². The molecule has 0 aliphatic carbocycles. The Balaban J connectivity index is 3.08. The zero-order valence-corrected chi connectivity index (χ0v) is 8.93. The Morgan fingerprint density at radius 1 is 1.38 bits per heavy atom. The number of fused-ring (bicyclic) bond motifs is 1. The monoisotopic (exact) mass is 218 g/mol. The number of benzene rings is 1. The third-order valence-electron chi connectivity index (χ3n) is 2.57. The summed E-state index contributed by atoms with van der Waals surface area (Å²) in [5, 5.41) is 11.8. The van der Waals surface area contributed by atoms with Crippen LogP contribution in [0.25, 0.3) is 11.0 Å². The number of aryl methyl sites for hydroxylation is 1. The van der Waals surface area contributed by atoms with E-state index in [-0.39, 0.29) is 22.4 Å². The van der Waals surface area contributed by atoms with E-state index in [4.69, 9.17) is 0 Å². The highest BCUT2D eigenvalue weighted by Crippen LogP contribution is 2.14. The topological polar surface area (TPSA) is 68.0 Å². The molecule has 0 bridgehead atoms. The van der Waals surface area contributed by atoms with E-state index in [1.54, 1.807) is 18.2 Å². The van der Waals surface area contributed by atoms with Crippen LogP contribution in [0.15, 0.2) is 18.2 Å². The lowest BCUT2D eigenvalue weighted by molar-refractivity contribution is -0.467. The quantitative estimate of drug-likeness (QED) is 0.535. The summed E-state index contributed by atoms with van der Waals surface area (Å²) in [7, 11) is 0. The van der Waals surface area contributed by atoms with Crippen LogP contribution in [0, 0.1) is 24.0 Å². The first-order chi connectivity index (χ1) is 7.56. The number of carbonyl (C=O) groups is 1. The first-order valence-corrected chi connectivity index (χ1v) is 4.77. The van der Waals surface area contributed by atoms with Crippen molar-refractivity contribution in [2.24, 2.45) is 0 Å². The first-order valence-electron chi connectivity index (χ1n) is 4.77. The van der Waals surface area contributed by atoms with Gasteiger partial charge in [-0.1, -0.05) is 6.07 Å². The standard InChI is InChI=1S/C11H10N2O3/c1-7-3-4-9-10(5-7)13(16)11(6-14)8(2)12(9)15/h3-6H,1-2H3. The van der Waals surface area contributed by atoms with E-state index >= 15 is 0 Å². The van der Waals surface area contributed by atoms with Gasteiger partial charge in [-0.25, -0.2) is 0 Å². The molecule has 1 aromatic carbocycles. The molecule has 2 rings (SSSR count). The van der Waals surface area contributed by atoms with Crippen molar-refractivity contribution in [3.05, 3.63) is 45.3 Å². The third kappa shape index (κ3) is 1.29. The smallest absolute Gasteiger partial charge is 0.321 e. The zero-order chi connectivity index (χ0) is 11.9. The van der Waals surface area contributed by atoms with Gasteiger partial charge in [-0.3, -0.25) is 4.79 Å². The molecule has 0 atom stereocenters. The van der Waals surface area contributed by atoms with Crippen molar-refractivity contribution >= 4 is 17.3 Å². The summed E-state index contributed by atoms with van der Waals surface area (Å²) < 4.78 is 1.10. The zero-order valence-electron chi connectivity index (χ0n) is 8.93. The van der Waals surface area contributed by atoms with Gasteiger partial charge in [-0.05, 0) is 25.5 Å². The highest BCUT2D eigenvalue weighted by molar-refractivity contribution is 5.78. The van der Waals surface area contributed by atoms with Gasteiger partial charge < -0.3 is 9.94 Å². The van der Waals surface area contributed by atoms with E-state index in [0.717, 1.165) is 5.56 Å². The molecule has 0 aliphatic rings. The number of hydrogen-bond donors (Lipinski definition) is 0. The van der Waals surface area contributed by atoms with Gasteiger partial charge in [0.2, 0.25) is 6.29 Å². The van der Waals surface area contributed by atoms with Crippen LogP contribution in [-0.2, 0) is 0 Å². The molecule has 82 valence electrons. The number of carbonyl (C=O) groups excluding carboxylic acids is 1. The van der Waals surface area contributed by atoms with E-state index < -0.39 is 0 Å². The molecule has 0 fully saturated rings. The molecule has 0 aliphatic heterocycles. The minimum absolute atomic E-state index is 0.112. The normalized spacial score (nSPS) is 10.6. The molecule has 2 aromatic rings. The number of aromatic nitrogens is 2. The Morgan fingerprint density at radius 2 is 2.06 bits per heavy atom. The minimum atomic E-state index is -0.145. The summed E-state index contributed by atoms with van der Waals surface area (Å²) in [6.07, 6.45) is 0.401. The molecule has 1 heterocycles. The van der Waals surface area contributed by atoms with Gasteiger partial charge in [0.1, 0.15) is 5.52 Å². The van der Waals surface area contributed by atoms with E-state index in [1.807, 2.05) is 6.92 Å². The fourth-order valence-corrected chi connectivity index (χ4v) is 1.66. The molecule has 16 heavy (non-hydrogen) atoms. The Morgan fingerprint density at radius 3 is 2.69 bits per heavy atom. The van der Waals surface area contributed by atoms with Gasteiger partial charge in [-0.15, -0.1) is 0 Å². The van der Waals surface area contributed by atoms with E-state index in [2.05, 4.69) is 0 Å². The summed E-state index contributed by atoms with van der Waals surface area (Å²) >= 11 is 0. The van der Waals surface area contributed by atoms with Gasteiger partial charge in [-0.2, -0.15) is 0 Å². The summed E-state index contributed by atoms with van der Waals surface area (Å²) in [5.74, 6) is 0. The molecule has 0 N–H and O–H groups in total. The maximum absolute atomic E-state index is 11.8. The Kier molecular flexibility index (Phi) is 2.23. The van der Waals surface area contributed by atoms with E-state index in [9.17, 15) is 14.9 Å². The molecule has 1 aromatic heterocycles. The molecule has 5 nitrogen and oxygen atoms in total. The highest BCUT2D eigenvalue weighted by Gasteiger charge is 2.18. The number of nitrogens with zero attached hydrogens (tertiary/aromatic N) is 2. The van der Waals surface area contributed by atoms with Crippen LogP contribution in [0.4, 0.5) is 0 Å². The van der Waals surface area contributed by atoms with E-state index in [1.165, 1.54) is 6.92 Å². The van der Waals surface area contributed by atoms with Crippen molar-refractivity contribution in [1.82, 2.24) is 4.73 Å². The lowest BCUT2D eigenvalue weighted by Gasteiger charge is -2.15. The number of rotatable bonds is 1. The van der Waals surface area contributed by atoms with E-state index in [0.29, 0.717) is 15.4 Å². The molecular formula is C11H10N2O3. The highest BCUT2D eigenvalue weighted by atomic mass is 16.5. The predicted molar refractivity (Wildman–Crippen MR) is 58.9 cm³/mol. The maximum Gasteiger partial charge on any atom is 0.321 e. The predicted octanol–water partition coefficient (Wildman–Crippen LogP) is 1.33. The van der Waals surface area contributed by atoms with Crippen molar-refractivity contribution in [2.75, 3.05) is 0 Å². The molecule has 0 saturated heterocycles. The molecule has 0 spiro atoms. The van der Waals surface area contributed by atoms with Crippen LogP contribution in [0.3, 0.4) is 0 Å². The van der Waals surface area contributed by atoms with Crippen molar-refractivity contribution in [3.8, 4) is 0 Å². The van der Waals surface area contributed by atoms with Gasteiger partial charge in [0.25, 0.3) is 5.52 Å². The molecule has 5 heteroatoms. The summed E-state index contributed by atoms with van der Waals surface area (Å²) in [6, 6.07) is 4.91. The fourth-order valence-electron chi connectivity index (χ4n) is 1.66. The second-order valence-electron chi connectivity index (χ2n) is 3.67. The number of aldehydes is 1. The Hall–Kier alpha value is -2.17. The SMILES string of the molecule is Cc1ccc2c(c1)[n+](=O)c(C=O)c(C)n2[O-]. The average Bonchev–Trinajstić information content (AvgIpc) is 2.27. The van der Waals surface area contributed by atoms with Gasteiger partial charge in [0, 0.05) is 11.0 Å². The van der Waals surface area contributed by atoms with Gasteiger partial charge in [0.05, 0.1) is 10.1 Å². The minimum Gasteiger partial charge on any atom is -0.805 e. The van der Waals surface area contributed by atoms with Crippen molar-refractivity contribution in [1.29, 1.82) is 0 Å². The largest absolute Gasteiger partial charge is 0.805 e. The maximum atomic E-state index is 11.8. The number of hydrogen-bond acceptors (Lipinski definition) is 3. The van der Waals surface area contributed by atoms with Crippen LogP contribution in [0.1, 0.15) is 21.7 Å². The second-order valence-corrected chi connectivity index (χ2v) is 3.67. The first kappa shape index (κ1) is 10.4. The summed E-state index contributed by atoms with van der Waals surface area (Å²) in [6.45, 7) is 3.26. The van der Waals surface area contributed by atoms with Gasteiger partial charge >= 0.3 is 5.69 Å². The third-order valence-corrected chi connectivity index (χ3v) is 2.57.